The number of hydrogen-bond acceptors (Lipinski definition) is 15. The number of esters is 4. The number of carbonyl (C=O) groups excluding carboxylic acids is 4. The smallest absolute Gasteiger partial charge is 0.420 e. The second-order valence-corrected chi connectivity index (χ2v) is 12.2. The van der Waals surface area contributed by atoms with Crippen molar-refractivity contribution in [1.29, 1.82) is 0 Å². The van der Waals surface area contributed by atoms with E-state index in [2.05, 4.69) is 9.97 Å². The Kier molecular flexibility index (Phi) is 9.82. The number of piperazine rings is 1. The second kappa shape index (κ2) is 14.8. The van der Waals surface area contributed by atoms with Crippen molar-refractivity contribution in [2.75, 3.05) is 34.4 Å². The van der Waals surface area contributed by atoms with Crippen LogP contribution in [0.4, 0.5) is 0 Å². The average molecular weight is 735 g/mol. The number of carbonyl (C=O) groups is 4. The molecule has 3 aliphatic heterocycles. The lowest BCUT2D eigenvalue weighted by Crippen LogP contribution is -2.80. The lowest BCUT2D eigenvalue weighted by molar-refractivity contribution is -0.465. The first-order valence-electron chi connectivity index (χ1n) is 16.7. The Balaban J connectivity index is 1.32. The molecule has 1 saturated heterocycles. The Bertz CT molecular complexity index is 2110. The van der Waals surface area contributed by atoms with Crippen LogP contribution in [0.2, 0.25) is 0 Å². The van der Waals surface area contributed by atoms with Gasteiger partial charge in [-0.25, -0.2) is 29.0 Å². The van der Waals surface area contributed by atoms with Crippen LogP contribution in [0.15, 0.2) is 103 Å². The highest BCUT2D eigenvalue weighted by atomic mass is 16.8. The second-order valence-electron chi connectivity index (χ2n) is 12.2. The fourth-order valence-electron chi connectivity index (χ4n) is 6.55. The number of nitrogens with zero attached hydrogens (tertiary/aromatic N) is 4. The molecule has 1 fully saturated rings. The summed E-state index contributed by atoms with van der Waals surface area (Å²) in [6, 6.07) is 20.0. The Morgan fingerprint density at radius 1 is 0.574 bits per heavy atom. The van der Waals surface area contributed by atoms with Crippen molar-refractivity contribution in [3.05, 3.63) is 115 Å². The van der Waals surface area contributed by atoms with Gasteiger partial charge in [-0.1, -0.05) is 30.3 Å². The van der Waals surface area contributed by atoms with Crippen molar-refractivity contribution < 1.29 is 52.3 Å². The van der Waals surface area contributed by atoms with Gasteiger partial charge in [-0.3, -0.25) is 9.97 Å². The molecule has 4 aromatic rings. The van der Waals surface area contributed by atoms with Crippen LogP contribution in [-0.2, 0) is 51.2 Å². The third kappa shape index (κ3) is 6.73. The van der Waals surface area contributed by atoms with E-state index in [9.17, 15) is 19.2 Å². The molecule has 276 valence electrons. The molecule has 2 aromatic carbocycles. The molecule has 2 spiro atoms. The van der Waals surface area contributed by atoms with Crippen molar-refractivity contribution in [1.82, 2.24) is 19.8 Å². The van der Waals surface area contributed by atoms with E-state index < -0.39 is 35.7 Å². The van der Waals surface area contributed by atoms with Crippen molar-refractivity contribution in [3.63, 3.8) is 0 Å². The van der Waals surface area contributed by atoms with Crippen LogP contribution in [-0.4, -0.2) is 89.9 Å². The first-order valence-corrected chi connectivity index (χ1v) is 16.7. The van der Waals surface area contributed by atoms with Gasteiger partial charge in [-0.15, -0.1) is 0 Å². The molecule has 0 unspecified atom stereocenters. The summed E-state index contributed by atoms with van der Waals surface area (Å²) in [5.41, 5.74) is 3.92. The molecule has 0 radical (unpaired) electrons. The predicted octanol–water partition coefficient (Wildman–Crippen LogP) is 3.77. The maximum absolute atomic E-state index is 13.3. The summed E-state index contributed by atoms with van der Waals surface area (Å²) in [4.78, 5) is 65.2. The van der Waals surface area contributed by atoms with Gasteiger partial charge >= 0.3 is 35.7 Å². The number of pyridine rings is 2. The molecule has 0 bridgehead atoms. The molecule has 5 heterocycles. The SMILES string of the molecule is COc1cc(-c2cc(CN3CCN(Cc4ccnc(-c5ccccc5)c4)C4(OC(=O)C=CC(=O)O4)C34OC(=O)C=CC(=O)O4)ccn2)cc(OC)c1OC. The summed E-state index contributed by atoms with van der Waals surface area (Å²) in [6.45, 7) is 0.0234. The Morgan fingerprint density at radius 3 is 1.41 bits per heavy atom. The van der Waals surface area contributed by atoms with Gasteiger partial charge in [-0.2, -0.15) is 0 Å². The summed E-state index contributed by atoms with van der Waals surface area (Å²) >= 11 is 0. The molecule has 2 aromatic heterocycles. The van der Waals surface area contributed by atoms with Crippen LogP contribution >= 0.6 is 0 Å². The average Bonchev–Trinajstić information content (AvgIpc) is 3.45. The molecule has 0 saturated carbocycles. The highest BCUT2D eigenvalue weighted by Crippen LogP contribution is 2.46. The van der Waals surface area contributed by atoms with Crippen LogP contribution in [0.25, 0.3) is 22.5 Å². The van der Waals surface area contributed by atoms with Crippen LogP contribution < -0.4 is 14.2 Å². The van der Waals surface area contributed by atoms with Gasteiger partial charge in [0.05, 0.1) is 32.7 Å². The van der Waals surface area contributed by atoms with Gasteiger partial charge in [0.2, 0.25) is 5.75 Å². The van der Waals surface area contributed by atoms with E-state index in [0.717, 1.165) is 29.9 Å². The van der Waals surface area contributed by atoms with Gasteiger partial charge in [0, 0.05) is 74.0 Å². The van der Waals surface area contributed by atoms with Crippen LogP contribution in [0.5, 0.6) is 17.2 Å². The number of fused-ring (bicyclic) bond motifs is 1. The molecule has 0 N–H and O–H groups in total. The van der Waals surface area contributed by atoms with E-state index >= 15 is 0 Å². The largest absolute Gasteiger partial charge is 0.493 e. The van der Waals surface area contributed by atoms with Gasteiger partial charge in [0.25, 0.3) is 0 Å². The fraction of sp³-hybridized carbons (Fsp3) is 0.231. The molecule has 3 aliphatic rings. The highest BCUT2D eigenvalue weighted by Gasteiger charge is 2.74. The topological polar surface area (TPSA) is 165 Å². The number of hydrogen-bond donors (Lipinski definition) is 0. The number of ether oxygens (including phenoxy) is 7. The standard InChI is InChI=1S/C39H34N4O11/c1-48-31-21-28(22-32(49-2)37(31)50-3)30-20-26(14-16-41-30)24-43-18-17-42(23-25-13-15-40-29(19-25)27-7-5-4-6-8-27)38(51-33(44)9-10-34(45)52-38)39(43)53-35(46)11-12-36(47)54-39/h4-16,19-22H,17-18,23-24H2,1-3H3. The van der Waals surface area contributed by atoms with E-state index in [-0.39, 0.29) is 26.2 Å². The third-order valence-corrected chi connectivity index (χ3v) is 8.96. The number of aromatic nitrogens is 2. The van der Waals surface area contributed by atoms with Crippen molar-refractivity contribution in [2.24, 2.45) is 0 Å². The van der Waals surface area contributed by atoms with E-state index in [1.54, 1.807) is 42.7 Å². The van der Waals surface area contributed by atoms with Crippen molar-refractivity contribution >= 4 is 23.9 Å². The quantitative estimate of drug-likeness (QED) is 0.228. The number of rotatable bonds is 9. The van der Waals surface area contributed by atoms with Gasteiger partial charge < -0.3 is 33.2 Å². The number of methoxy groups -OCH3 is 3. The minimum absolute atomic E-state index is 0.0262. The van der Waals surface area contributed by atoms with Crippen molar-refractivity contribution in [3.8, 4) is 39.8 Å². The van der Waals surface area contributed by atoms with Crippen molar-refractivity contribution in [2.45, 2.75) is 24.9 Å². The molecular formula is C39H34N4O11. The zero-order valence-electron chi connectivity index (χ0n) is 29.4. The molecule has 0 amide bonds. The normalized spacial score (nSPS) is 17.9. The molecular weight excluding hydrogens is 700 g/mol. The Morgan fingerprint density at radius 2 is 1.00 bits per heavy atom. The lowest BCUT2D eigenvalue weighted by atomic mass is 10.0. The molecule has 54 heavy (non-hydrogen) atoms. The molecule has 15 nitrogen and oxygen atoms in total. The fourth-order valence-corrected chi connectivity index (χ4v) is 6.55. The Labute approximate surface area is 309 Å². The van der Waals surface area contributed by atoms with Gasteiger partial charge in [-0.05, 0) is 47.5 Å². The molecule has 15 heteroatoms. The third-order valence-electron chi connectivity index (χ3n) is 8.96. The maximum Gasteiger partial charge on any atom is 0.420 e. The number of benzene rings is 2. The van der Waals surface area contributed by atoms with Gasteiger partial charge in [0.15, 0.2) is 11.5 Å². The summed E-state index contributed by atoms with van der Waals surface area (Å²) in [7, 11) is 4.51. The van der Waals surface area contributed by atoms with E-state index in [1.807, 2.05) is 36.4 Å². The summed E-state index contributed by atoms with van der Waals surface area (Å²) in [5, 5.41) is 0. The lowest BCUT2D eigenvalue weighted by Gasteiger charge is -2.55. The Hall–Kier alpha value is -6.58. The molecule has 7 rings (SSSR count). The van der Waals surface area contributed by atoms with E-state index in [4.69, 9.17) is 33.2 Å². The zero-order chi connectivity index (χ0) is 37.9. The minimum Gasteiger partial charge on any atom is -0.493 e. The van der Waals surface area contributed by atoms with Gasteiger partial charge in [0.1, 0.15) is 0 Å². The first kappa shape index (κ1) is 35.8. The predicted molar refractivity (Wildman–Crippen MR) is 188 cm³/mol. The van der Waals surface area contributed by atoms with Crippen LogP contribution in [0.1, 0.15) is 11.1 Å². The summed E-state index contributed by atoms with van der Waals surface area (Å²) in [6.07, 6.45) is 6.71. The summed E-state index contributed by atoms with van der Waals surface area (Å²) < 4.78 is 40.4. The zero-order valence-corrected chi connectivity index (χ0v) is 29.4. The maximum atomic E-state index is 13.3. The van der Waals surface area contributed by atoms with E-state index in [1.165, 1.54) is 31.1 Å². The minimum atomic E-state index is -2.65. The van der Waals surface area contributed by atoms with E-state index in [0.29, 0.717) is 45.3 Å². The molecule has 0 atom stereocenters. The molecule has 0 aliphatic carbocycles. The van der Waals surface area contributed by atoms with Crippen LogP contribution in [0, 0.1) is 0 Å². The summed E-state index contributed by atoms with van der Waals surface area (Å²) in [5.74, 6) is -8.10. The monoisotopic (exact) mass is 734 g/mol. The highest BCUT2D eigenvalue weighted by molar-refractivity contribution is 5.95. The first-order chi connectivity index (χ1) is 26.2. The van der Waals surface area contributed by atoms with Crippen LogP contribution in [0.3, 0.4) is 0 Å².